The molecule has 0 saturated carbocycles. The number of aromatic amines is 4. The van der Waals surface area contributed by atoms with Gasteiger partial charge in [-0.3, -0.25) is 28.7 Å². The highest BCUT2D eigenvalue weighted by atomic mass is 16.2. The molecule has 2 aliphatic rings. The minimum absolute atomic E-state index is 0.0849. The Hall–Kier alpha value is -7.60. The molecule has 0 aliphatic carbocycles. The normalized spacial score (nSPS) is 12.6. The molecule has 2 aromatic carbocycles. The van der Waals surface area contributed by atoms with E-state index in [9.17, 15) is 19.2 Å². The standard InChI is InChI=1S/C56H58N8O4/c1-9-11-29-63-45(31-47(65)61-53(63)67)51-41-25-21-37(57-41)49(33-13-17-35(18-14-33)55(3,4)5)39-23-27-43(59-39)52(46-32-48(66)62-54(68)64(46)30-12-10-2)44-28-24-40(60-44)50(38-22-26-42(51)58-38)34-15-19-36(20-16-34)56(6,7)8/h13-28,31-32,57,60H,9-12,29-30H2,1-8H3,(H,61,65,67)(H,62,66,68). The van der Waals surface area contributed by atoms with Crippen molar-refractivity contribution in [2.45, 2.75) is 105 Å². The Bertz CT molecular complexity index is 3340. The molecule has 12 heteroatoms. The van der Waals surface area contributed by atoms with E-state index in [2.05, 4.69) is 124 Å². The van der Waals surface area contributed by atoms with Gasteiger partial charge in [-0.15, -0.1) is 0 Å². The summed E-state index contributed by atoms with van der Waals surface area (Å²) in [6, 6.07) is 27.8. The first-order chi connectivity index (χ1) is 32.5. The Morgan fingerprint density at radius 3 is 1.09 bits per heavy atom. The number of benzene rings is 2. The van der Waals surface area contributed by atoms with Crippen LogP contribution in [0.5, 0.6) is 0 Å². The Morgan fingerprint density at radius 1 is 0.441 bits per heavy atom. The van der Waals surface area contributed by atoms with E-state index in [1.54, 1.807) is 9.13 Å². The molecule has 2 aliphatic heterocycles. The van der Waals surface area contributed by atoms with Crippen molar-refractivity contribution in [1.29, 1.82) is 0 Å². The second-order valence-corrected chi connectivity index (χ2v) is 19.8. The van der Waals surface area contributed by atoms with Crippen LogP contribution in [0.1, 0.15) is 115 Å². The average molecular weight is 907 g/mol. The third-order valence-electron chi connectivity index (χ3n) is 12.9. The zero-order valence-electron chi connectivity index (χ0n) is 40.1. The maximum Gasteiger partial charge on any atom is 0.328 e. The van der Waals surface area contributed by atoms with Gasteiger partial charge < -0.3 is 9.97 Å². The quantitative estimate of drug-likeness (QED) is 0.107. The summed E-state index contributed by atoms with van der Waals surface area (Å²) in [4.78, 5) is 77.3. The number of hydrogen-bond donors (Lipinski definition) is 4. The van der Waals surface area contributed by atoms with Gasteiger partial charge in [-0.25, -0.2) is 19.6 Å². The Kier molecular flexibility index (Phi) is 12.0. The molecule has 0 spiro atoms. The van der Waals surface area contributed by atoms with Crippen LogP contribution in [-0.2, 0) is 23.9 Å². The van der Waals surface area contributed by atoms with Crippen LogP contribution in [0.25, 0.3) is 91.1 Å². The zero-order valence-corrected chi connectivity index (χ0v) is 40.1. The van der Waals surface area contributed by atoms with E-state index in [1.807, 2.05) is 48.6 Å². The lowest BCUT2D eigenvalue weighted by molar-refractivity contribution is 0.590. The Morgan fingerprint density at radius 2 is 0.765 bits per heavy atom. The fourth-order valence-electron chi connectivity index (χ4n) is 9.16. The number of nitrogens with one attached hydrogen (secondary N) is 4. The summed E-state index contributed by atoms with van der Waals surface area (Å²) in [5.74, 6) is 0. The highest BCUT2D eigenvalue weighted by molar-refractivity contribution is 5.99. The fourth-order valence-corrected chi connectivity index (χ4v) is 9.16. The lowest BCUT2D eigenvalue weighted by Crippen LogP contribution is -2.31. The van der Waals surface area contributed by atoms with Crippen molar-refractivity contribution in [1.82, 2.24) is 39.0 Å². The zero-order chi connectivity index (χ0) is 48.1. The molecule has 346 valence electrons. The van der Waals surface area contributed by atoms with Crippen LogP contribution in [0.4, 0.5) is 0 Å². The summed E-state index contributed by atoms with van der Waals surface area (Å²) in [6.45, 7) is 18.0. The highest BCUT2D eigenvalue weighted by Gasteiger charge is 2.23. The number of aromatic nitrogens is 8. The summed E-state index contributed by atoms with van der Waals surface area (Å²) >= 11 is 0. The molecule has 0 unspecified atom stereocenters. The maximum absolute atomic E-state index is 13.7. The van der Waals surface area contributed by atoms with Crippen LogP contribution in [0, 0.1) is 0 Å². The van der Waals surface area contributed by atoms with Crippen LogP contribution in [0.2, 0.25) is 0 Å². The molecule has 5 aromatic heterocycles. The first-order valence-corrected chi connectivity index (χ1v) is 23.6. The molecular weight excluding hydrogens is 849 g/mol. The molecule has 0 radical (unpaired) electrons. The summed E-state index contributed by atoms with van der Waals surface area (Å²) < 4.78 is 3.26. The van der Waals surface area contributed by atoms with Crippen molar-refractivity contribution < 1.29 is 0 Å². The minimum Gasteiger partial charge on any atom is -0.354 e. The summed E-state index contributed by atoms with van der Waals surface area (Å²) in [7, 11) is 0. The van der Waals surface area contributed by atoms with E-state index in [0.29, 0.717) is 69.4 Å². The summed E-state index contributed by atoms with van der Waals surface area (Å²) in [5, 5.41) is 0. The number of H-pyrrole nitrogens is 4. The predicted molar refractivity (Wildman–Crippen MR) is 278 cm³/mol. The van der Waals surface area contributed by atoms with E-state index >= 15 is 0 Å². The maximum atomic E-state index is 13.7. The molecule has 4 N–H and O–H groups in total. The summed E-state index contributed by atoms with van der Waals surface area (Å²) in [5.41, 5.74) is 10.9. The monoisotopic (exact) mass is 906 g/mol. The van der Waals surface area contributed by atoms with Gasteiger partial charge >= 0.3 is 11.4 Å². The average Bonchev–Trinajstić information content (AvgIpc) is 4.14. The minimum atomic E-state index is -0.506. The Balaban J connectivity index is 1.49. The largest absolute Gasteiger partial charge is 0.354 e. The fraction of sp³-hybridized carbons (Fsp3) is 0.286. The van der Waals surface area contributed by atoms with Crippen LogP contribution < -0.4 is 22.5 Å². The second kappa shape index (κ2) is 17.9. The summed E-state index contributed by atoms with van der Waals surface area (Å²) in [6.07, 6.45) is 10.9. The molecule has 9 rings (SSSR count). The van der Waals surface area contributed by atoms with E-state index < -0.39 is 22.5 Å². The van der Waals surface area contributed by atoms with Crippen molar-refractivity contribution in [2.24, 2.45) is 0 Å². The van der Waals surface area contributed by atoms with Gasteiger partial charge in [-0.1, -0.05) is 117 Å². The number of hydrogen-bond acceptors (Lipinski definition) is 6. The van der Waals surface area contributed by atoms with Crippen LogP contribution in [0.15, 0.2) is 104 Å². The molecule has 0 saturated heterocycles. The molecule has 68 heavy (non-hydrogen) atoms. The van der Waals surface area contributed by atoms with Gasteiger partial charge in [0.25, 0.3) is 11.1 Å². The molecule has 0 fully saturated rings. The lowest BCUT2D eigenvalue weighted by Gasteiger charge is -2.19. The van der Waals surface area contributed by atoms with E-state index in [4.69, 9.17) is 9.97 Å². The first kappa shape index (κ1) is 45.6. The number of nitrogens with zero attached hydrogens (tertiary/aromatic N) is 4. The van der Waals surface area contributed by atoms with Crippen LogP contribution >= 0.6 is 0 Å². The molecule has 8 bridgehead atoms. The van der Waals surface area contributed by atoms with Crippen molar-refractivity contribution in [2.75, 3.05) is 0 Å². The van der Waals surface area contributed by atoms with Gasteiger partial charge in [0.2, 0.25) is 0 Å². The van der Waals surface area contributed by atoms with Crippen LogP contribution in [0.3, 0.4) is 0 Å². The van der Waals surface area contributed by atoms with Crippen molar-refractivity contribution in [3.8, 4) is 44.8 Å². The van der Waals surface area contributed by atoms with Crippen molar-refractivity contribution in [3.63, 3.8) is 0 Å². The SMILES string of the molecule is CCCCn1c(-c2c3nc(c(-c4ccc(C(C)(C)C)cc4)c4ccc([nH]4)c(-c4cc(=O)[nH]c(=O)n4CCCC)c4nc(c(-c5ccc(C(C)(C)C)cc5)c5ccc2[nH]5)C=C4)C=C3)cc(=O)[nH]c1=O. The second-order valence-electron chi connectivity index (χ2n) is 19.8. The number of fused-ring (bicyclic) bond motifs is 8. The molecule has 7 aromatic rings. The van der Waals surface area contributed by atoms with E-state index in [0.717, 1.165) is 59.0 Å². The molecule has 0 amide bonds. The smallest absolute Gasteiger partial charge is 0.328 e. The van der Waals surface area contributed by atoms with E-state index in [1.165, 1.54) is 23.3 Å². The highest BCUT2D eigenvalue weighted by Crippen LogP contribution is 2.39. The number of unbranched alkanes of at least 4 members (excludes halogenated alkanes) is 2. The van der Waals surface area contributed by atoms with E-state index in [-0.39, 0.29) is 10.8 Å². The topological polar surface area (TPSA) is 167 Å². The third-order valence-corrected chi connectivity index (χ3v) is 12.9. The Labute approximate surface area is 394 Å². The van der Waals surface area contributed by atoms with Gasteiger partial charge in [0.1, 0.15) is 0 Å². The van der Waals surface area contributed by atoms with Gasteiger partial charge in [-0.05, 0) is 94.5 Å². The third kappa shape index (κ3) is 8.74. The van der Waals surface area contributed by atoms with Gasteiger partial charge in [0.05, 0.1) is 45.2 Å². The lowest BCUT2D eigenvalue weighted by atomic mass is 9.86. The van der Waals surface area contributed by atoms with Gasteiger partial charge in [0.15, 0.2) is 0 Å². The molecule has 7 heterocycles. The van der Waals surface area contributed by atoms with Gasteiger partial charge in [0, 0.05) is 58.5 Å². The molecule has 0 atom stereocenters. The van der Waals surface area contributed by atoms with Crippen LogP contribution in [-0.4, -0.2) is 39.0 Å². The van der Waals surface area contributed by atoms with Gasteiger partial charge in [-0.2, -0.15) is 0 Å². The molecular formula is C56H58N8O4. The molecule has 12 nitrogen and oxygen atoms in total. The first-order valence-electron chi connectivity index (χ1n) is 23.6. The van der Waals surface area contributed by atoms with Crippen molar-refractivity contribution in [3.05, 3.63) is 161 Å². The van der Waals surface area contributed by atoms with Crippen molar-refractivity contribution >= 4 is 46.4 Å². The predicted octanol–water partition coefficient (Wildman–Crippen LogP) is 11.2. The number of rotatable bonds is 10.